The van der Waals surface area contributed by atoms with Crippen LogP contribution in [-0.2, 0) is 0 Å². The lowest BCUT2D eigenvalue weighted by Gasteiger charge is -2.21. The number of hydrogen-bond acceptors (Lipinski definition) is 3. The summed E-state index contributed by atoms with van der Waals surface area (Å²) in [6.45, 7) is 1.99. The normalized spacial score (nSPS) is 20.1. The van der Waals surface area contributed by atoms with E-state index in [1.54, 1.807) is 6.26 Å². The van der Waals surface area contributed by atoms with Gasteiger partial charge in [-0.05, 0) is 31.7 Å². The van der Waals surface area contributed by atoms with Gasteiger partial charge in [0.05, 0.1) is 12.3 Å². The SMILES string of the molecule is Cc1occc1C(NN)C1CCCC1. The van der Waals surface area contributed by atoms with Gasteiger partial charge in [-0.1, -0.05) is 12.8 Å². The summed E-state index contributed by atoms with van der Waals surface area (Å²) in [5, 5.41) is 0. The molecule has 0 bridgehead atoms. The number of hydrogen-bond donors (Lipinski definition) is 2. The third-order valence-electron chi connectivity index (χ3n) is 3.28. The molecular formula is C11H18N2O. The van der Waals surface area contributed by atoms with Crippen molar-refractivity contribution in [3.8, 4) is 0 Å². The van der Waals surface area contributed by atoms with E-state index < -0.39 is 0 Å². The van der Waals surface area contributed by atoms with E-state index in [1.165, 1.54) is 31.2 Å². The quantitative estimate of drug-likeness (QED) is 0.573. The maximum absolute atomic E-state index is 5.62. The number of nitrogens with two attached hydrogens (primary N) is 1. The lowest BCUT2D eigenvalue weighted by molar-refractivity contribution is 0.367. The van der Waals surface area contributed by atoms with Gasteiger partial charge in [0, 0.05) is 5.56 Å². The molecule has 0 aliphatic heterocycles. The van der Waals surface area contributed by atoms with Crippen molar-refractivity contribution in [1.82, 2.24) is 5.43 Å². The Kier molecular flexibility index (Phi) is 2.89. The van der Waals surface area contributed by atoms with Gasteiger partial charge < -0.3 is 4.42 Å². The Labute approximate surface area is 84.6 Å². The van der Waals surface area contributed by atoms with Crippen LogP contribution in [0.1, 0.15) is 43.0 Å². The van der Waals surface area contributed by atoms with E-state index in [2.05, 4.69) is 5.43 Å². The van der Waals surface area contributed by atoms with Crippen LogP contribution in [-0.4, -0.2) is 0 Å². The van der Waals surface area contributed by atoms with Crippen molar-refractivity contribution in [2.24, 2.45) is 11.8 Å². The van der Waals surface area contributed by atoms with Gasteiger partial charge in [-0.15, -0.1) is 0 Å². The van der Waals surface area contributed by atoms with E-state index in [0.717, 1.165) is 5.76 Å². The Hall–Kier alpha value is -0.800. The van der Waals surface area contributed by atoms with E-state index in [0.29, 0.717) is 5.92 Å². The van der Waals surface area contributed by atoms with Crippen LogP contribution < -0.4 is 11.3 Å². The first kappa shape index (κ1) is 9.74. The van der Waals surface area contributed by atoms with Crippen LogP contribution in [0.25, 0.3) is 0 Å². The molecule has 1 fully saturated rings. The molecule has 1 aromatic rings. The molecule has 2 rings (SSSR count). The summed E-state index contributed by atoms with van der Waals surface area (Å²) < 4.78 is 5.31. The van der Waals surface area contributed by atoms with E-state index in [1.807, 2.05) is 13.0 Å². The van der Waals surface area contributed by atoms with Crippen LogP contribution in [0.5, 0.6) is 0 Å². The van der Waals surface area contributed by atoms with E-state index in [-0.39, 0.29) is 6.04 Å². The van der Waals surface area contributed by atoms with Crippen molar-refractivity contribution >= 4 is 0 Å². The van der Waals surface area contributed by atoms with Crippen LogP contribution in [0.4, 0.5) is 0 Å². The smallest absolute Gasteiger partial charge is 0.105 e. The van der Waals surface area contributed by atoms with Crippen molar-refractivity contribution in [2.75, 3.05) is 0 Å². The summed E-state index contributed by atoms with van der Waals surface area (Å²) in [6.07, 6.45) is 6.96. The second-order valence-electron chi connectivity index (χ2n) is 4.12. The Morgan fingerprint density at radius 1 is 1.50 bits per heavy atom. The minimum atomic E-state index is 0.274. The third-order valence-corrected chi connectivity index (χ3v) is 3.28. The summed E-state index contributed by atoms with van der Waals surface area (Å²) in [5.41, 5.74) is 4.15. The lowest BCUT2D eigenvalue weighted by atomic mass is 9.92. The number of rotatable bonds is 3. The van der Waals surface area contributed by atoms with Crippen LogP contribution in [0.2, 0.25) is 0 Å². The van der Waals surface area contributed by atoms with Crippen molar-refractivity contribution in [3.05, 3.63) is 23.7 Å². The summed E-state index contributed by atoms with van der Waals surface area (Å²) in [6, 6.07) is 2.30. The highest BCUT2D eigenvalue weighted by Crippen LogP contribution is 2.36. The fourth-order valence-corrected chi connectivity index (χ4v) is 2.49. The fraction of sp³-hybridized carbons (Fsp3) is 0.636. The molecule has 3 nitrogen and oxygen atoms in total. The van der Waals surface area contributed by atoms with Gasteiger partial charge in [-0.2, -0.15) is 0 Å². The molecular weight excluding hydrogens is 176 g/mol. The van der Waals surface area contributed by atoms with Crippen LogP contribution in [0.3, 0.4) is 0 Å². The highest BCUT2D eigenvalue weighted by molar-refractivity contribution is 5.21. The molecule has 1 aliphatic carbocycles. The molecule has 1 aliphatic rings. The molecule has 3 N–H and O–H groups in total. The number of furan rings is 1. The maximum Gasteiger partial charge on any atom is 0.105 e. The monoisotopic (exact) mass is 194 g/mol. The summed E-state index contributed by atoms with van der Waals surface area (Å²) >= 11 is 0. The standard InChI is InChI=1S/C11H18N2O/c1-8-10(6-7-14-8)11(13-12)9-4-2-3-5-9/h6-7,9,11,13H,2-5,12H2,1H3. The minimum absolute atomic E-state index is 0.274. The van der Waals surface area contributed by atoms with Gasteiger partial charge in [0.15, 0.2) is 0 Å². The zero-order valence-corrected chi connectivity index (χ0v) is 8.62. The molecule has 0 radical (unpaired) electrons. The molecule has 0 aromatic carbocycles. The summed E-state index contributed by atoms with van der Waals surface area (Å²) in [7, 11) is 0. The summed E-state index contributed by atoms with van der Waals surface area (Å²) in [4.78, 5) is 0. The number of hydrazine groups is 1. The molecule has 1 unspecified atom stereocenters. The van der Waals surface area contributed by atoms with Crippen LogP contribution in [0.15, 0.2) is 16.7 Å². The molecule has 0 spiro atoms. The van der Waals surface area contributed by atoms with Crippen molar-refractivity contribution in [2.45, 2.75) is 38.6 Å². The average molecular weight is 194 g/mol. The van der Waals surface area contributed by atoms with Gasteiger partial charge >= 0.3 is 0 Å². The van der Waals surface area contributed by atoms with E-state index >= 15 is 0 Å². The topological polar surface area (TPSA) is 51.2 Å². The third kappa shape index (κ3) is 1.70. The van der Waals surface area contributed by atoms with Crippen molar-refractivity contribution < 1.29 is 4.42 Å². The zero-order chi connectivity index (χ0) is 9.97. The molecule has 0 saturated heterocycles. The van der Waals surface area contributed by atoms with Gasteiger partial charge in [0.2, 0.25) is 0 Å². The van der Waals surface area contributed by atoms with Gasteiger partial charge in [-0.3, -0.25) is 11.3 Å². The maximum atomic E-state index is 5.62. The molecule has 0 amide bonds. The first-order chi connectivity index (χ1) is 6.83. The largest absolute Gasteiger partial charge is 0.469 e. The second kappa shape index (κ2) is 4.15. The predicted octanol–water partition coefficient (Wildman–Crippen LogP) is 2.28. The number of nitrogens with one attached hydrogen (secondary N) is 1. The van der Waals surface area contributed by atoms with Crippen molar-refractivity contribution in [3.63, 3.8) is 0 Å². The Balaban J connectivity index is 2.16. The Bertz CT molecular complexity index is 289. The lowest BCUT2D eigenvalue weighted by Crippen LogP contribution is -2.32. The minimum Gasteiger partial charge on any atom is -0.469 e. The van der Waals surface area contributed by atoms with Gasteiger partial charge in [0.25, 0.3) is 0 Å². The predicted molar refractivity (Wildman–Crippen MR) is 55.5 cm³/mol. The Morgan fingerprint density at radius 2 is 2.21 bits per heavy atom. The first-order valence-electron chi connectivity index (χ1n) is 5.33. The van der Waals surface area contributed by atoms with Crippen molar-refractivity contribution in [1.29, 1.82) is 0 Å². The average Bonchev–Trinajstić information content (AvgIpc) is 2.80. The molecule has 14 heavy (non-hydrogen) atoms. The molecule has 3 heteroatoms. The van der Waals surface area contributed by atoms with E-state index in [9.17, 15) is 0 Å². The zero-order valence-electron chi connectivity index (χ0n) is 8.62. The first-order valence-corrected chi connectivity index (χ1v) is 5.33. The highest BCUT2D eigenvalue weighted by atomic mass is 16.3. The van der Waals surface area contributed by atoms with Crippen LogP contribution >= 0.6 is 0 Å². The molecule has 1 aromatic heterocycles. The fourth-order valence-electron chi connectivity index (χ4n) is 2.49. The molecule has 1 saturated carbocycles. The van der Waals surface area contributed by atoms with Gasteiger partial charge in [0.1, 0.15) is 5.76 Å². The second-order valence-corrected chi connectivity index (χ2v) is 4.12. The van der Waals surface area contributed by atoms with E-state index in [4.69, 9.17) is 10.3 Å². The summed E-state index contributed by atoms with van der Waals surface area (Å²) in [5.74, 6) is 7.28. The molecule has 78 valence electrons. The molecule has 1 heterocycles. The number of aryl methyl sites for hydroxylation is 1. The highest BCUT2D eigenvalue weighted by Gasteiger charge is 2.27. The molecule has 1 atom stereocenters. The Morgan fingerprint density at radius 3 is 2.71 bits per heavy atom. The van der Waals surface area contributed by atoms with Gasteiger partial charge in [-0.25, -0.2) is 0 Å². The van der Waals surface area contributed by atoms with Crippen LogP contribution in [0, 0.1) is 12.8 Å².